The molecule has 1 atom stereocenters. The predicted octanol–water partition coefficient (Wildman–Crippen LogP) is 1.80. The molecule has 0 aromatic heterocycles. The minimum atomic E-state index is -0.587. The van der Waals surface area contributed by atoms with E-state index >= 15 is 0 Å². The topological polar surface area (TPSA) is 73.1 Å². The summed E-state index contributed by atoms with van der Waals surface area (Å²) < 4.78 is 0.690. The number of halogens is 1. The second-order valence-corrected chi connectivity index (χ2v) is 3.90. The second-order valence-electron chi connectivity index (χ2n) is 2.99. The Kier molecular flexibility index (Phi) is 3.69. The van der Waals surface area contributed by atoms with E-state index in [9.17, 15) is 9.90 Å². The fourth-order valence-electron chi connectivity index (χ4n) is 0.997. The SMILES string of the molecule is CC(C#N)NC(=O)c1cc(Br)ccc1O. The first-order valence-electron chi connectivity index (χ1n) is 4.23. The summed E-state index contributed by atoms with van der Waals surface area (Å²) in [6.07, 6.45) is 0. The van der Waals surface area contributed by atoms with Gasteiger partial charge in [0, 0.05) is 4.47 Å². The van der Waals surface area contributed by atoms with E-state index in [1.807, 2.05) is 6.07 Å². The van der Waals surface area contributed by atoms with Crippen molar-refractivity contribution in [1.82, 2.24) is 5.32 Å². The first kappa shape index (κ1) is 11.5. The highest BCUT2D eigenvalue weighted by atomic mass is 79.9. The number of nitrogens with one attached hydrogen (secondary N) is 1. The summed E-state index contributed by atoms with van der Waals surface area (Å²) in [7, 11) is 0. The van der Waals surface area contributed by atoms with E-state index in [1.54, 1.807) is 13.0 Å². The van der Waals surface area contributed by atoms with Crippen molar-refractivity contribution in [1.29, 1.82) is 5.26 Å². The lowest BCUT2D eigenvalue weighted by Crippen LogP contribution is -2.31. The number of aromatic hydroxyl groups is 1. The minimum absolute atomic E-state index is 0.110. The van der Waals surface area contributed by atoms with Gasteiger partial charge in [0.1, 0.15) is 11.8 Å². The molecular weight excluding hydrogens is 260 g/mol. The van der Waals surface area contributed by atoms with Crippen LogP contribution in [0.25, 0.3) is 0 Å². The van der Waals surface area contributed by atoms with Gasteiger partial charge in [-0.1, -0.05) is 15.9 Å². The van der Waals surface area contributed by atoms with Crippen molar-refractivity contribution in [3.63, 3.8) is 0 Å². The van der Waals surface area contributed by atoms with Gasteiger partial charge in [-0.25, -0.2) is 0 Å². The van der Waals surface area contributed by atoms with E-state index < -0.39 is 11.9 Å². The molecule has 0 saturated carbocycles. The Bertz CT molecular complexity index is 426. The molecule has 0 fully saturated rings. The maximum absolute atomic E-state index is 11.5. The molecule has 0 aliphatic carbocycles. The van der Waals surface area contributed by atoms with Gasteiger partial charge in [-0.15, -0.1) is 0 Å². The standard InChI is InChI=1S/C10H9BrN2O2/c1-6(5-12)13-10(15)8-4-7(11)2-3-9(8)14/h2-4,6,14H,1H3,(H,13,15). The monoisotopic (exact) mass is 268 g/mol. The molecule has 1 aromatic rings. The fourth-order valence-corrected chi connectivity index (χ4v) is 1.36. The van der Waals surface area contributed by atoms with Crippen LogP contribution in [0.4, 0.5) is 0 Å². The normalized spacial score (nSPS) is 11.5. The molecule has 5 heteroatoms. The lowest BCUT2D eigenvalue weighted by molar-refractivity contribution is 0.0945. The summed E-state index contributed by atoms with van der Waals surface area (Å²) in [5.74, 6) is -0.580. The van der Waals surface area contributed by atoms with Crippen LogP contribution in [0, 0.1) is 11.3 Å². The molecule has 1 unspecified atom stereocenters. The van der Waals surface area contributed by atoms with E-state index in [4.69, 9.17) is 5.26 Å². The van der Waals surface area contributed by atoms with Crippen LogP contribution in [-0.4, -0.2) is 17.1 Å². The molecule has 0 bridgehead atoms. The summed E-state index contributed by atoms with van der Waals surface area (Å²) in [6, 6.07) is 5.82. The zero-order chi connectivity index (χ0) is 11.4. The van der Waals surface area contributed by atoms with Crippen molar-refractivity contribution in [3.8, 4) is 11.8 Å². The van der Waals surface area contributed by atoms with Crippen LogP contribution in [0.1, 0.15) is 17.3 Å². The van der Waals surface area contributed by atoms with E-state index in [1.165, 1.54) is 12.1 Å². The van der Waals surface area contributed by atoms with Gasteiger partial charge >= 0.3 is 0 Å². The largest absolute Gasteiger partial charge is 0.507 e. The van der Waals surface area contributed by atoms with Crippen LogP contribution in [0.2, 0.25) is 0 Å². The Labute approximate surface area is 95.7 Å². The maximum Gasteiger partial charge on any atom is 0.256 e. The number of hydrogen-bond donors (Lipinski definition) is 2. The zero-order valence-corrected chi connectivity index (χ0v) is 9.58. The van der Waals surface area contributed by atoms with Crippen molar-refractivity contribution >= 4 is 21.8 Å². The lowest BCUT2D eigenvalue weighted by atomic mass is 10.2. The van der Waals surface area contributed by atoms with E-state index in [0.29, 0.717) is 4.47 Å². The number of amides is 1. The van der Waals surface area contributed by atoms with Crippen molar-refractivity contribution in [2.24, 2.45) is 0 Å². The van der Waals surface area contributed by atoms with Gasteiger partial charge in [-0.05, 0) is 25.1 Å². The van der Waals surface area contributed by atoms with Crippen molar-refractivity contribution in [3.05, 3.63) is 28.2 Å². The number of carbonyl (C=O) groups is 1. The Balaban J connectivity index is 2.92. The number of carbonyl (C=O) groups excluding carboxylic acids is 1. The quantitative estimate of drug-likeness (QED) is 0.859. The second kappa shape index (κ2) is 4.80. The molecule has 0 radical (unpaired) electrons. The molecule has 0 aliphatic rings. The average molecular weight is 269 g/mol. The van der Waals surface area contributed by atoms with E-state index in [2.05, 4.69) is 21.2 Å². The lowest BCUT2D eigenvalue weighted by Gasteiger charge is -2.08. The molecule has 0 heterocycles. The summed E-state index contributed by atoms with van der Waals surface area (Å²) in [6.45, 7) is 1.56. The molecule has 0 saturated heterocycles. The first-order valence-corrected chi connectivity index (χ1v) is 5.03. The number of hydrogen-bond acceptors (Lipinski definition) is 3. The summed E-state index contributed by atoms with van der Waals surface area (Å²) in [5.41, 5.74) is 0.145. The molecule has 1 aromatic carbocycles. The van der Waals surface area contributed by atoms with Crippen molar-refractivity contribution < 1.29 is 9.90 Å². The smallest absolute Gasteiger partial charge is 0.256 e. The highest BCUT2D eigenvalue weighted by Gasteiger charge is 2.13. The molecule has 0 spiro atoms. The molecule has 1 amide bonds. The molecule has 4 nitrogen and oxygen atoms in total. The van der Waals surface area contributed by atoms with Gasteiger partial charge in [0.25, 0.3) is 5.91 Å². The van der Waals surface area contributed by atoms with Crippen LogP contribution >= 0.6 is 15.9 Å². The third-order valence-corrected chi connectivity index (χ3v) is 2.24. The van der Waals surface area contributed by atoms with Crippen LogP contribution < -0.4 is 5.32 Å². The predicted molar refractivity (Wildman–Crippen MR) is 58.3 cm³/mol. The molecule has 1 rings (SSSR count). The third-order valence-electron chi connectivity index (χ3n) is 1.74. The fraction of sp³-hybridized carbons (Fsp3) is 0.200. The van der Waals surface area contributed by atoms with Crippen molar-refractivity contribution in [2.45, 2.75) is 13.0 Å². The molecule has 0 aliphatic heterocycles. The number of benzene rings is 1. The Hall–Kier alpha value is -1.54. The van der Waals surface area contributed by atoms with Gasteiger partial charge in [-0.3, -0.25) is 4.79 Å². The Morgan fingerprint density at radius 1 is 1.67 bits per heavy atom. The van der Waals surface area contributed by atoms with E-state index in [0.717, 1.165) is 0 Å². The molecular formula is C10H9BrN2O2. The number of nitrogens with zero attached hydrogens (tertiary/aromatic N) is 1. The average Bonchev–Trinajstić information content (AvgIpc) is 2.21. The Morgan fingerprint density at radius 2 is 2.33 bits per heavy atom. The number of nitriles is 1. The van der Waals surface area contributed by atoms with Crippen molar-refractivity contribution in [2.75, 3.05) is 0 Å². The van der Waals surface area contributed by atoms with Crippen LogP contribution in [0.3, 0.4) is 0 Å². The molecule has 15 heavy (non-hydrogen) atoms. The summed E-state index contributed by atoms with van der Waals surface area (Å²) in [5, 5.41) is 20.4. The number of rotatable bonds is 2. The third kappa shape index (κ3) is 2.96. The van der Waals surface area contributed by atoms with Gasteiger partial charge in [0.2, 0.25) is 0 Å². The van der Waals surface area contributed by atoms with Gasteiger partial charge in [0.05, 0.1) is 11.6 Å². The van der Waals surface area contributed by atoms with Gasteiger partial charge in [0.15, 0.2) is 0 Å². The molecule has 2 N–H and O–H groups in total. The summed E-state index contributed by atoms with van der Waals surface area (Å²) >= 11 is 3.19. The highest BCUT2D eigenvalue weighted by Crippen LogP contribution is 2.21. The van der Waals surface area contributed by atoms with Crippen LogP contribution in [0.15, 0.2) is 22.7 Å². The van der Waals surface area contributed by atoms with Gasteiger partial charge in [-0.2, -0.15) is 5.26 Å². The first-order chi connectivity index (χ1) is 7.04. The number of phenolic OH excluding ortho intramolecular Hbond substituents is 1. The Morgan fingerprint density at radius 3 is 2.93 bits per heavy atom. The minimum Gasteiger partial charge on any atom is -0.507 e. The van der Waals surface area contributed by atoms with Gasteiger partial charge < -0.3 is 10.4 Å². The van der Waals surface area contributed by atoms with Crippen LogP contribution in [0.5, 0.6) is 5.75 Å². The summed E-state index contributed by atoms with van der Waals surface area (Å²) in [4.78, 5) is 11.5. The van der Waals surface area contributed by atoms with Crippen LogP contribution in [-0.2, 0) is 0 Å². The maximum atomic E-state index is 11.5. The zero-order valence-electron chi connectivity index (χ0n) is 7.99. The number of phenols is 1. The van der Waals surface area contributed by atoms with E-state index in [-0.39, 0.29) is 11.3 Å². The highest BCUT2D eigenvalue weighted by molar-refractivity contribution is 9.10. The molecule has 78 valence electrons.